The molecule has 13 nitrogen and oxygen atoms in total. The largest absolute Gasteiger partial charge is 0.481 e. The molecule has 176 valence electrons. The first kappa shape index (κ1) is 26.2. The molecule has 0 saturated carbocycles. The second-order valence-corrected chi connectivity index (χ2v) is 6.59. The summed E-state index contributed by atoms with van der Waals surface area (Å²) in [6, 6.07) is -2.50. The van der Waals surface area contributed by atoms with Crippen molar-refractivity contribution in [3.63, 3.8) is 0 Å². The van der Waals surface area contributed by atoms with Crippen molar-refractivity contribution in [1.82, 2.24) is 20.7 Å². The third kappa shape index (κ3) is 8.91. The second-order valence-electron chi connectivity index (χ2n) is 6.59. The van der Waals surface area contributed by atoms with Crippen LogP contribution in [0.1, 0.15) is 42.5 Å². The van der Waals surface area contributed by atoms with Gasteiger partial charge in [-0.2, -0.15) is 9.45 Å². The molecule has 14 heteroatoms. The van der Waals surface area contributed by atoms with Crippen LogP contribution in [0.25, 0.3) is 0 Å². The number of aliphatic carboxylic acids is 3. The van der Waals surface area contributed by atoms with Crippen molar-refractivity contribution in [3.8, 4) is 0 Å². The number of hydroxylamine groups is 2. The summed E-state index contributed by atoms with van der Waals surface area (Å²) in [6.45, 7) is 0.121. The number of urea groups is 1. The quantitative estimate of drug-likeness (QED) is 0.103. The molecule has 1 aromatic rings. The number of carboxylic acid groups (broad SMARTS) is 3. The number of amides is 3. The van der Waals surface area contributed by atoms with Crippen LogP contribution < -0.4 is 10.6 Å². The SMILES string of the molecule is O=C(O)CCC(NC(=O)N(O)[C@@H](CCCCNC(=O)c1ccc(F)nc1)C(=O)O)C(=O)O. The average molecular weight is 458 g/mol. The number of carbonyl (C=O) groups is 5. The van der Waals surface area contributed by atoms with Crippen LogP contribution in [-0.4, -0.2) is 79.0 Å². The Morgan fingerprint density at radius 1 is 1.03 bits per heavy atom. The molecule has 0 saturated heterocycles. The van der Waals surface area contributed by atoms with Crippen LogP contribution in [0.15, 0.2) is 18.3 Å². The van der Waals surface area contributed by atoms with Crippen molar-refractivity contribution in [3.05, 3.63) is 29.8 Å². The molecule has 1 aromatic heterocycles. The molecule has 3 amide bonds. The van der Waals surface area contributed by atoms with Crippen molar-refractivity contribution in [2.45, 2.75) is 44.2 Å². The van der Waals surface area contributed by atoms with E-state index in [2.05, 4.69) is 10.3 Å². The van der Waals surface area contributed by atoms with Crippen LogP contribution in [-0.2, 0) is 14.4 Å². The Labute approximate surface area is 180 Å². The number of unbranched alkanes of at least 4 members (excludes halogenated alkanes) is 1. The second kappa shape index (κ2) is 12.8. The molecule has 0 aliphatic heterocycles. The minimum atomic E-state index is -1.71. The van der Waals surface area contributed by atoms with E-state index in [1.54, 1.807) is 0 Å². The van der Waals surface area contributed by atoms with Crippen LogP contribution in [0, 0.1) is 5.95 Å². The van der Waals surface area contributed by atoms with Crippen LogP contribution in [0.4, 0.5) is 9.18 Å². The fourth-order valence-electron chi connectivity index (χ4n) is 2.51. The number of halogens is 1. The normalized spacial score (nSPS) is 12.3. The van der Waals surface area contributed by atoms with Crippen molar-refractivity contribution in [1.29, 1.82) is 0 Å². The molecule has 0 bridgehead atoms. The summed E-state index contributed by atoms with van der Waals surface area (Å²) in [5.74, 6) is -5.65. The predicted molar refractivity (Wildman–Crippen MR) is 102 cm³/mol. The number of carboxylic acids is 3. The number of carbonyl (C=O) groups excluding carboxylic acids is 2. The number of pyridine rings is 1. The third-order valence-corrected chi connectivity index (χ3v) is 4.21. The molecule has 1 heterocycles. The van der Waals surface area contributed by atoms with E-state index in [0.29, 0.717) is 0 Å². The van der Waals surface area contributed by atoms with E-state index in [0.717, 1.165) is 12.3 Å². The Hall–Kier alpha value is -3.81. The highest BCUT2D eigenvalue weighted by molar-refractivity contribution is 5.93. The third-order valence-electron chi connectivity index (χ3n) is 4.21. The van der Waals surface area contributed by atoms with Gasteiger partial charge < -0.3 is 26.0 Å². The van der Waals surface area contributed by atoms with Gasteiger partial charge in [-0.15, -0.1) is 0 Å². The van der Waals surface area contributed by atoms with Crippen LogP contribution >= 0.6 is 0 Å². The molecule has 0 aromatic carbocycles. The number of rotatable bonds is 13. The number of aromatic nitrogens is 1. The highest BCUT2D eigenvalue weighted by atomic mass is 19.1. The minimum absolute atomic E-state index is 0.121. The topological polar surface area (TPSA) is 206 Å². The lowest BCUT2D eigenvalue weighted by molar-refractivity contribution is -0.157. The zero-order valence-corrected chi connectivity index (χ0v) is 16.7. The van der Waals surface area contributed by atoms with Gasteiger partial charge in [0.05, 0.1) is 5.56 Å². The van der Waals surface area contributed by atoms with Gasteiger partial charge in [0, 0.05) is 19.2 Å². The maximum Gasteiger partial charge on any atom is 0.342 e. The molecule has 6 N–H and O–H groups in total. The van der Waals surface area contributed by atoms with E-state index in [1.165, 1.54) is 6.07 Å². The van der Waals surface area contributed by atoms with Crippen LogP contribution in [0.5, 0.6) is 0 Å². The maximum absolute atomic E-state index is 12.7. The molecule has 0 aliphatic rings. The molecule has 2 atom stereocenters. The number of nitrogens with zero attached hydrogens (tertiary/aromatic N) is 2. The van der Waals surface area contributed by atoms with Crippen molar-refractivity contribution in [2.75, 3.05) is 6.54 Å². The predicted octanol–water partition coefficient (Wildman–Crippen LogP) is 0.293. The Balaban J connectivity index is 2.51. The van der Waals surface area contributed by atoms with Gasteiger partial charge in [0.15, 0.2) is 6.04 Å². The van der Waals surface area contributed by atoms with E-state index in [1.807, 2.05) is 5.32 Å². The molecule has 0 spiro atoms. The highest BCUT2D eigenvalue weighted by Gasteiger charge is 2.31. The van der Waals surface area contributed by atoms with Crippen LogP contribution in [0.2, 0.25) is 0 Å². The Kier molecular flexibility index (Phi) is 10.5. The first-order valence-corrected chi connectivity index (χ1v) is 9.38. The summed E-state index contributed by atoms with van der Waals surface area (Å²) in [6.07, 6.45) is 0.227. The zero-order chi connectivity index (χ0) is 24.3. The van der Waals surface area contributed by atoms with E-state index >= 15 is 0 Å². The summed E-state index contributed by atoms with van der Waals surface area (Å²) in [5, 5.41) is 41.0. The smallest absolute Gasteiger partial charge is 0.342 e. The van der Waals surface area contributed by atoms with E-state index in [4.69, 9.17) is 10.2 Å². The van der Waals surface area contributed by atoms with E-state index in [-0.39, 0.29) is 36.4 Å². The van der Waals surface area contributed by atoms with Gasteiger partial charge in [-0.25, -0.2) is 19.4 Å². The summed E-state index contributed by atoms with van der Waals surface area (Å²) in [7, 11) is 0. The standard InChI is InChI=1S/C18H23FN4O9/c19-13-6-4-10(9-21-13)15(26)20-8-2-1-3-12(17(29)30)23(32)18(31)22-11(16(27)28)5-7-14(24)25/h4,6,9,11-12,32H,1-3,5,7-8H2,(H,20,26)(H,22,31)(H,24,25)(H,27,28)(H,29,30)/t11?,12-/m0/s1. The fourth-order valence-corrected chi connectivity index (χ4v) is 2.51. The van der Waals surface area contributed by atoms with Crippen molar-refractivity contribution >= 4 is 29.8 Å². The van der Waals surface area contributed by atoms with Crippen molar-refractivity contribution < 1.29 is 48.9 Å². The lowest BCUT2D eigenvalue weighted by atomic mass is 10.1. The molecule has 0 radical (unpaired) electrons. The summed E-state index contributed by atoms with van der Waals surface area (Å²) in [4.78, 5) is 60.3. The van der Waals surface area contributed by atoms with Gasteiger partial charge in [0.2, 0.25) is 5.95 Å². The van der Waals surface area contributed by atoms with Gasteiger partial charge in [-0.3, -0.25) is 14.8 Å². The lowest BCUT2D eigenvalue weighted by Crippen LogP contribution is -2.52. The molecular formula is C18H23FN4O9. The van der Waals surface area contributed by atoms with Gasteiger partial charge in [-0.05, 0) is 37.8 Å². The lowest BCUT2D eigenvalue weighted by Gasteiger charge is -2.24. The van der Waals surface area contributed by atoms with E-state index in [9.17, 15) is 38.7 Å². The average Bonchev–Trinajstić information content (AvgIpc) is 2.72. The van der Waals surface area contributed by atoms with Gasteiger partial charge >= 0.3 is 23.9 Å². The van der Waals surface area contributed by atoms with Gasteiger partial charge in [0.1, 0.15) is 6.04 Å². The van der Waals surface area contributed by atoms with Crippen LogP contribution in [0.3, 0.4) is 0 Å². The number of nitrogens with one attached hydrogen (secondary N) is 2. The monoisotopic (exact) mass is 458 g/mol. The Morgan fingerprint density at radius 2 is 1.72 bits per heavy atom. The minimum Gasteiger partial charge on any atom is -0.481 e. The first-order chi connectivity index (χ1) is 15.0. The summed E-state index contributed by atoms with van der Waals surface area (Å²) in [5.41, 5.74) is 0.129. The molecule has 1 unspecified atom stereocenters. The molecule has 0 fully saturated rings. The summed E-state index contributed by atoms with van der Waals surface area (Å²) < 4.78 is 12.7. The Bertz CT molecular complexity index is 834. The Morgan fingerprint density at radius 3 is 2.25 bits per heavy atom. The molecular weight excluding hydrogens is 435 g/mol. The zero-order valence-electron chi connectivity index (χ0n) is 16.7. The molecule has 1 rings (SSSR count). The first-order valence-electron chi connectivity index (χ1n) is 9.38. The number of hydrogen-bond donors (Lipinski definition) is 6. The van der Waals surface area contributed by atoms with E-state index < -0.39 is 60.7 Å². The molecule has 32 heavy (non-hydrogen) atoms. The van der Waals surface area contributed by atoms with Gasteiger partial charge in [-0.1, -0.05) is 0 Å². The molecule has 0 aliphatic carbocycles. The summed E-state index contributed by atoms with van der Waals surface area (Å²) >= 11 is 0. The van der Waals surface area contributed by atoms with Gasteiger partial charge in [0.25, 0.3) is 5.91 Å². The number of hydrogen-bond acceptors (Lipinski definition) is 7. The highest BCUT2D eigenvalue weighted by Crippen LogP contribution is 2.09. The fraction of sp³-hybridized carbons (Fsp3) is 0.444. The van der Waals surface area contributed by atoms with Crippen molar-refractivity contribution in [2.24, 2.45) is 0 Å². The maximum atomic E-state index is 12.7.